The maximum atomic E-state index is 5.93. The quantitative estimate of drug-likeness (QED) is 0.590. The summed E-state index contributed by atoms with van der Waals surface area (Å²) in [5.41, 5.74) is 2.84. The monoisotopic (exact) mass is 270 g/mol. The van der Waals surface area contributed by atoms with E-state index in [1.165, 1.54) is 0 Å². The number of rotatable bonds is 7. The van der Waals surface area contributed by atoms with E-state index in [4.69, 9.17) is 22.2 Å². The second-order valence-corrected chi connectivity index (χ2v) is 5.24. The van der Waals surface area contributed by atoms with Gasteiger partial charge in [0.2, 0.25) is 0 Å². The predicted molar refractivity (Wildman–Crippen MR) is 76.7 cm³/mol. The van der Waals surface area contributed by atoms with Crippen LogP contribution in [0, 0.1) is 5.92 Å². The number of halogens is 1. The zero-order valence-corrected chi connectivity index (χ0v) is 12.1. The standard InChI is InChI=1S/C14H23ClN2O/c1-4-10(2)8-14(17-16)11(3)18-13-7-5-6-12(15)9-13/h5-7,9-11,14,17H,4,8,16H2,1-3H3. The molecule has 1 rings (SSSR count). The third-order valence-electron chi connectivity index (χ3n) is 3.25. The average molecular weight is 271 g/mol. The van der Waals surface area contributed by atoms with E-state index in [-0.39, 0.29) is 12.1 Å². The van der Waals surface area contributed by atoms with Gasteiger partial charge in [-0.05, 0) is 37.5 Å². The van der Waals surface area contributed by atoms with Crippen LogP contribution in [0.3, 0.4) is 0 Å². The van der Waals surface area contributed by atoms with Crippen LogP contribution >= 0.6 is 11.6 Å². The van der Waals surface area contributed by atoms with Crippen LogP contribution in [0.2, 0.25) is 5.02 Å². The summed E-state index contributed by atoms with van der Waals surface area (Å²) in [5.74, 6) is 7.00. The summed E-state index contributed by atoms with van der Waals surface area (Å²) < 4.78 is 5.87. The molecule has 1 aromatic carbocycles. The van der Waals surface area contributed by atoms with Gasteiger partial charge >= 0.3 is 0 Å². The second-order valence-electron chi connectivity index (χ2n) is 4.80. The third kappa shape index (κ3) is 4.84. The van der Waals surface area contributed by atoms with Gasteiger partial charge in [-0.15, -0.1) is 0 Å². The van der Waals surface area contributed by atoms with E-state index in [9.17, 15) is 0 Å². The molecule has 102 valence electrons. The lowest BCUT2D eigenvalue weighted by Crippen LogP contribution is -2.46. The van der Waals surface area contributed by atoms with Crippen molar-refractivity contribution in [3.63, 3.8) is 0 Å². The van der Waals surface area contributed by atoms with Crippen LogP contribution in [0.1, 0.15) is 33.6 Å². The predicted octanol–water partition coefficient (Wildman–Crippen LogP) is 3.38. The molecular formula is C14H23ClN2O. The van der Waals surface area contributed by atoms with Crippen molar-refractivity contribution in [2.45, 2.75) is 45.8 Å². The van der Waals surface area contributed by atoms with Crippen molar-refractivity contribution in [1.29, 1.82) is 0 Å². The van der Waals surface area contributed by atoms with Crippen LogP contribution in [0.15, 0.2) is 24.3 Å². The van der Waals surface area contributed by atoms with Gasteiger partial charge in [-0.3, -0.25) is 11.3 Å². The fraction of sp³-hybridized carbons (Fsp3) is 0.571. The summed E-state index contributed by atoms with van der Waals surface area (Å²) in [6, 6.07) is 7.56. The summed E-state index contributed by atoms with van der Waals surface area (Å²) in [6.45, 7) is 6.42. The Morgan fingerprint density at radius 2 is 2.11 bits per heavy atom. The maximum absolute atomic E-state index is 5.93. The minimum absolute atomic E-state index is 0.00228. The van der Waals surface area contributed by atoms with Crippen molar-refractivity contribution in [3.05, 3.63) is 29.3 Å². The van der Waals surface area contributed by atoms with Gasteiger partial charge in [-0.25, -0.2) is 0 Å². The highest BCUT2D eigenvalue weighted by Gasteiger charge is 2.19. The smallest absolute Gasteiger partial charge is 0.121 e. The molecule has 3 N–H and O–H groups in total. The van der Waals surface area contributed by atoms with E-state index in [0.29, 0.717) is 10.9 Å². The van der Waals surface area contributed by atoms with Crippen molar-refractivity contribution < 1.29 is 4.74 Å². The topological polar surface area (TPSA) is 47.3 Å². The molecule has 0 bridgehead atoms. The van der Waals surface area contributed by atoms with Crippen molar-refractivity contribution in [1.82, 2.24) is 5.43 Å². The summed E-state index contributed by atoms with van der Waals surface area (Å²) >= 11 is 5.93. The summed E-state index contributed by atoms with van der Waals surface area (Å²) in [4.78, 5) is 0. The largest absolute Gasteiger partial charge is 0.489 e. The molecular weight excluding hydrogens is 248 g/mol. The molecule has 0 aliphatic rings. The number of hydrazine groups is 1. The van der Waals surface area contributed by atoms with Crippen molar-refractivity contribution in [3.8, 4) is 5.75 Å². The van der Waals surface area contributed by atoms with E-state index in [1.807, 2.05) is 31.2 Å². The number of nitrogens with two attached hydrogens (primary N) is 1. The molecule has 0 saturated heterocycles. The van der Waals surface area contributed by atoms with E-state index >= 15 is 0 Å². The maximum Gasteiger partial charge on any atom is 0.121 e. The minimum Gasteiger partial charge on any atom is -0.489 e. The Labute approximate surface area is 115 Å². The molecule has 0 heterocycles. The first-order chi connectivity index (χ1) is 8.56. The highest BCUT2D eigenvalue weighted by molar-refractivity contribution is 6.30. The van der Waals surface area contributed by atoms with Crippen molar-refractivity contribution in [2.75, 3.05) is 0 Å². The van der Waals surface area contributed by atoms with Crippen molar-refractivity contribution >= 4 is 11.6 Å². The van der Waals surface area contributed by atoms with Gasteiger partial charge in [-0.2, -0.15) is 0 Å². The van der Waals surface area contributed by atoms with Crippen LogP contribution in [-0.4, -0.2) is 12.1 Å². The Morgan fingerprint density at radius 3 is 2.67 bits per heavy atom. The molecule has 1 aromatic rings. The highest BCUT2D eigenvalue weighted by Crippen LogP contribution is 2.20. The van der Waals surface area contributed by atoms with E-state index in [2.05, 4.69) is 19.3 Å². The summed E-state index contributed by atoms with van der Waals surface area (Å²) in [7, 11) is 0. The van der Waals surface area contributed by atoms with Gasteiger partial charge in [0.25, 0.3) is 0 Å². The van der Waals surface area contributed by atoms with Crippen LogP contribution in [0.5, 0.6) is 5.75 Å². The first kappa shape index (κ1) is 15.3. The zero-order chi connectivity index (χ0) is 13.5. The van der Waals surface area contributed by atoms with Gasteiger partial charge in [-0.1, -0.05) is 37.9 Å². The van der Waals surface area contributed by atoms with Crippen LogP contribution < -0.4 is 16.0 Å². The van der Waals surface area contributed by atoms with E-state index < -0.39 is 0 Å². The summed E-state index contributed by atoms with van der Waals surface area (Å²) in [5, 5.41) is 0.680. The highest BCUT2D eigenvalue weighted by atomic mass is 35.5. The van der Waals surface area contributed by atoms with Gasteiger partial charge in [0, 0.05) is 5.02 Å². The summed E-state index contributed by atoms with van der Waals surface area (Å²) in [6.07, 6.45) is 2.14. The minimum atomic E-state index is 0.00228. The lowest BCUT2D eigenvalue weighted by Gasteiger charge is -2.26. The first-order valence-corrected chi connectivity index (χ1v) is 6.83. The molecule has 18 heavy (non-hydrogen) atoms. The number of ether oxygens (including phenoxy) is 1. The molecule has 4 heteroatoms. The lowest BCUT2D eigenvalue weighted by atomic mass is 9.97. The fourth-order valence-electron chi connectivity index (χ4n) is 1.83. The Bertz CT molecular complexity index is 359. The van der Waals surface area contributed by atoms with Gasteiger partial charge in [0.05, 0.1) is 6.04 Å². The Hall–Kier alpha value is -0.770. The third-order valence-corrected chi connectivity index (χ3v) is 3.49. The van der Waals surface area contributed by atoms with Gasteiger partial charge < -0.3 is 4.74 Å². The lowest BCUT2D eigenvalue weighted by molar-refractivity contribution is 0.154. The first-order valence-electron chi connectivity index (χ1n) is 6.45. The average Bonchev–Trinajstić information content (AvgIpc) is 2.35. The molecule has 3 unspecified atom stereocenters. The molecule has 3 atom stereocenters. The fourth-order valence-corrected chi connectivity index (χ4v) is 2.01. The second kappa shape index (κ2) is 7.62. The van der Waals surface area contributed by atoms with Crippen LogP contribution in [0.25, 0.3) is 0 Å². The number of hydrogen-bond donors (Lipinski definition) is 2. The number of hydrogen-bond acceptors (Lipinski definition) is 3. The molecule has 0 aromatic heterocycles. The zero-order valence-electron chi connectivity index (χ0n) is 11.3. The van der Waals surface area contributed by atoms with Crippen molar-refractivity contribution in [2.24, 2.45) is 11.8 Å². The molecule has 0 aliphatic heterocycles. The molecule has 3 nitrogen and oxygen atoms in total. The van der Waals surface area contributed by atoms with Gasteiger partial charge in [0.1, 0.15) is 11.9 Å². The molecule has 0 aliphatic carbocycles. The Morgan fingerprint density at radius 1 is 1.39 bits per heavy atom. The van der Waals surface area contributed by atoms with E-state index in [0.717, 1.165) is 18.6 Å². The molecule has 0 radical (unpaired) electrons. The van der Waals surface area contributed by atoms with Crippen LogP contribution in [0.4, 0.5) is 0 Å². The van der Waals surface area contributed by atoms with E-state index in [1.54, 1.807) is 0 Å². The van der Waals surface area contributed by atoms with Crippen LogP contribution in [-0.2, 0) is 0 Å². The molecule has 0 spiro atoms. The number of nitrogens with one attached hydrogen (secondary N) is 1. The molecule has 0 fully saturated rings. The molecule has 0 saturated carbocycles. The van der Waals surface area contributed by atoms with Gasteiger partial charge in [0.15, 0.2) is 0 Å². The Balaban J connectivity index is 2.59. The normalized spacial score (nSPS) is 16.1. The Kier molecular flexibility index (Phi) is 6.47. The number of benzene rings is 1. The molecule has 0 amide bonds. The SMILES string of the molecule is CCC(C)CC(NN)C(C)Oc1cccc(Cl)c1.